The molecule has 2 heteroatoms. The minimum atomic E-state index is 0.589. The van der Waals surface area contributed by atoms with E-state index in [9.17, 15) is 0 Å². The highest BCUT2D eigenvalue weighted by atomic mass is 14.6. The highest BCUT2D eigenvalue weighted by Crippen LogP contribution is 1.96. The molecule has 0 aliphatic rings. The van der Waals surface area contributed by atoms with Gasteiger partial charge in [-0.1, -0.05) is 0 Å². The van der Waals surface area contributed by atoms with Crippen LogP contribution < -0.4 is 0 Å². The molecule has 1 heterocycles. The van der Waals surface area contributed by atoms with Gasteiger partial charge < -0.3 is 0 Å². The highest BCUT2D eigenvalue weighted by Gasteiger charge is 1.88. The zero-order valence-electron chi connectivity index (χ0n) is 5.05. The van der Waals surface area contributed by atoms with Crippen molar-refractivity contribution in [1.29, 1.82) is 5.26 Å². The van der Waals surface area contributed by atoms with Crippen LogP contribution in [0.1, 0.15) is 11.1 Å². The summed E-state index contributed by atoms with van der Waals surface area (Å²) in [6.07, 6.45) is 4.20. The van der Waals surface area contributed by atoms with E-state index in [1.54, 1.807) is 6.07 Å². The van der Waals surface area contributed by atoms with E-state index in [2.05, 4.69) is 11.2 Å². The summed E-state index contributed by atoms with van der Waals surface area (Å²) < 4.78 is 0. The van der Waals surface area contributed by atoms with Crippen LogP contribution in [0.25, 0.3) is 0 Å². The van der Waals surface area contributed by atoms with Crippen molar-refractivity contribution >= 4 is 0 Å². The third-order valence-corrected chi connectivity index (χ3v) is 0.946. The van der Waals surface area contributed by atoms with Crippen molar-refractivity contribution in [2.45, 2.75) is 6.92 Å². The maximum atomic E-state index is 8.36. The van der Waals surface area contributed by atoms with Gasteiger partial charge in [0.25, 0.3) is 0 Å². The third kappa shape index (κ3) is 1.26. The van der Waals surface area contributed by atoms with Crippen molar-refractivity contribution in [2.24, 2.45) is 0 Å². The van der Waals surface area contributed by atoms with E-state index >= 15 is 0 Å². The molecule has 0 fully saturated rings. The number of hydrogen-bond donors (Lipinski definition) is 0. The molecule has 0 aromatic carbocycles. The maximum Gasteiger partial charge on any atom is 0.101 e. The number of rotatable bonds is 0. The van der Waals surface area contributed by atoms with Gasteiger partial charge in [0, 0.05) is 6.20 Å². The second-order valence-electron chi connectivity index (χ2n) is 1.76. The van der Waals surface area contributed by atoms with Crippen LogP contribution >= 0.6 is 0 Å². The van der Waals surface area contributed by atoms with Crippen molar-refractivity contribution in [3.8, 4) is 6.07 Å². The van der Waals surface area contributed by atoms with E-state index in [1.165, 1.54) is 6.20 Å². The first-order valence-corrected chi connectivity index (χ1v) is 2.57. The summed E-state index contributed by atoms with van der Waals surface area (Å²) in [4.78, 5) is 3.71. The van der Waals surface area contributed by atoms with Crippen LogP contribution in [0.2, 0.25) is 0 Å². The summed E-state index contributed by atoms with van der Waals surface area (Å²) in [7, 11) is 0. The molecule has 2 nitrogen and oxygen atoms in total. The molecule has 0 N–H and O–H groups in total. The minimum Gasteiger partial charge on any atom is -0.253 e. The van der Waals surface area contributed by atoms with E-state index in [0.717, 1.165) is 5.56 Å². The number of nitriles is 1. The first kappa shape index (κ1) is 5.77. The van der Waals surface area contributed by atoms with E-state index < -0.39 is 0 Å². The molecule has 0 bridgehead atoms. The van der Waals surface area contributed by atoms with Crippen LogP contribution in [0.5, 0.6) is 0 Å². The lowest BCUT2D eigenvalue weighted by Crippen LogP contribution is -1.79. The predicted octanol–water partition coefficient (Wildman–Crippen LogP) is 1.06. The molecule has 1 aromatic heterocycles. The summed E-state index contributed by atoms with van der Waals surface area (Å²) in [6.45, 7) is 1.86. The summed E-state index contributed by atoms with van der Waals surface area (Å²) in [6, 6.07) is 3.73. The average Bonchev–Trinajstić information content (AvgIpc) is 1.88. The van der Waals surface area contributed by atoms with Gasteiger partial charge >= 0.3 is 0 Å². The number of aromatic nitrogens is 1. The average molecular weight is 117 g/mol. The Balaban J connectivity index is 3.12. The van der Waals surface area contributed by atoms with Gasteiger partial charge in [-0.2, -0.15) is 5.26 Å². The molecule has 9 heavy (non-hydrogen) atoms. The molecule has 0 aliphatic carbocycles. The van der Waals surface area contributed by atoms with Crippen molar-refractivity contribution in [1.82, 2.24) is 4.98 Å². The van der Waals surface area contributed by atoms with E-state index in [4.69, 9.17) is 5.26 Å². The zero-order valence-corrected chi connectivity index (χ0v) is 5.05. The Labute approximate surface area is 53.8 Å². The lowest BCUT2D eigenvalue weighted by atomic mass is 10.2. The van der Waals surface area contributed by atoms with Gasteiger partial charge in [-0.05, 0) is 18.6 Å². The molecule has 1 rings (SSSR count). The number of aryl methyl sites for hydroxylation is 1. The summed E-state index contributed by atoms with van der Waals surface area (Å²) >= 11 is 0. The molecule has 43 valence electrons. The SMILES string of the molecule is Cc1[c]ncc(C#N)c1. The topological polar surface area (TPSA) is 36.7 Å². The normalized spacial score (nSPS) is 8.44. The van der Waals surface area contributed by atoms with Gasteiger partial charge in [0.05, 0.1) is 11.8 Å². The number of pyridine rings is 1. The Morgan fingerprint density at radius 3 is 3.00 bits per heavy atom. The monoisotopic (exact) mass is 117 g/mol. The lowest BCUT2D eigenvalue weighted by molar-refractivity contribution is 1.23. The standard InChI is InChI=1S/C7H5N2/c1-6-2-7(3-8)5-9-4-6/h2,5H,1H3. The number of nitrogens with zero attached hydrogens (tertiary/aromatic N) is 2. The zero-order chi connectivity index (χ0) is 6.69. The Morgan fingerprint density at radius 2 is 2.56 bits per heavy atom. The third-order valence-electron chi connectivity index (χ3n) is 0.946. The van der Waals surface area contributed by atoms with Crippen molar-refractivity contribution in [2.75, 3.05) is 0 Å². The second-order valence-corrected chi connectivity index (χ2v) is 1.76. The first-order valence-electron chi connectivity index (χ1n) is 2.57. The van der Waals surface area contributed by atoms with Gasteiger partial charge in [0.15, 0.2) is 0 Å². The largest absolute Gasteiger partial charge is 0.253 e. The van der Waals surface area contributed by atoms with Gasteiger partial charge in [-0.25, -0.2) is 0 Å². The maximum absolute atomic E-state index is 8.36. The molecule has 1 radical (unpaired) electrons. The Morgan fingerprint density at radius 1 is 1.78 bits per heavy atom. The van der Waals surface area contributed by atoms with E-state index in [0.29, 0.717) is 5.56 Å². The Hall–Kier alpha value is -1.36. The lowest BCUT2D eigenvalue weighted by Gasteiger charge is -1.86. The summed E-state index contributed by atoms with van der Waals surface area (Å²) in [5.74, 6) is 0. The van der Waals surface area contributed by atoms with Gasteiger partial charge in [0.1, 0.15) is 6.07 Å². The number of hydrogen-bond acceptors (Lipinski definition) is 2. The Kier molecular flexibility index (Phi) is 1.46. The summed E-state index contributed by atoms with van der Waals surface area (Å²) in [5, 5.41) is 8.36. The van der Waals surface area contributed by atoms with Gasteiger partial charge in [-0.15, -0.1) is 0 Å². The van der Waals surface area contributed by atoms with Crippen LogP contribution in [-0.2, 0) is 0 Å². The van der Waals surface area contributed by atoms with Gasteiger partial charge in [-0.3, -0.25) is 4.98 Å². The summed E-state index contributed by atoms with van der Waals surface area (Å²) in [5.41, 5.74) is 1.49. The van der Waals surface area contributed by atoms with Crippen LogP contribution in [0.3, 0.4) is 0 Å². The molecule has 0 saturated carbocycles. The van der Waals surface area contributed by atoms with Crippen molar-refractivity contribution < 1.29 is 0 Å². The molecule has 0 atom stereocenters. The molecule has 0 amide bonds. The first-order chi connectivity index (χ1) is 4.33. The van der Waals surface area contributed by atoms with Crippen LogP contribution in [-0.4, -0.2) is 4.98 Å². The fraction of sp³-hybridized carbons (Fsp3) is 0.143. The van der Waals surface area contributed by atoms with E-state index in [-0.39, 0.29) is 0 Å². The minimum absolute atomic E-state index is 0.589. The fourth-order valence-corrected chi connectivity index (χ4v) is 0.568. The molecular formula is C7H5N2. The highest BCUT2D eigenvalue weighted by molar-refractivity contribution is 5.27. The molecule has 0 saturated heterocycles. The molecule has 0 unspecified atom stereocenters. The molecular weight excluding hydrogens is 112 g/mol. The van der Waals surface area contributed by atoms with Crippen LogP contribution in [0, 0.1) is 24.5 Å². The fourth-order valence-electron chi connectivity index (χ4n) is 0.568. The molecule has 1 aromatic rings. The molecule has 0 aliphatic heterocycles. The van der Waals surface area contributed by atoms with Crippen molar-refractivity contribution in [3.05, 3.63) is 29.6 Å². The van der Waals surface area contributed by atoms with E-state index in [1.807, 2.05) is 13.0 Å². The van der Waals surface area contributed by atoms with Crippen LogP contribution in [0.4, 0.5) is 0 Å². The predicted molar refractivity (Wildman–Crippen MR) is 32.5 cm³/mol. The second kappa shape index (κ2) is 2.27. The van der Waals surface area contributed by atoms with Crippen LogP contribution in [0.15, 0.2) is 12.3 Å². The van der Waals surface area contributed by atoms with Gasteiger partial charge in [0.2, 0.25) is 0 Å². The Bertz CT molecular complexity index is 247. The van der Waals surface area contributed by atoms with Crippen molar-refractivity contribution in [3.63, 3.8) is 0 Å². The quantitative estimate of drug-likeness (QED) is 0.509. The molecule has 0 spiro atoms. The smallest absolute Gasteiger partial charge is 0.101 e.